The Kier molecular flexibility index (Phi) is 3.65. The Morgan fingerprint density at radius 3 is 3.13 bits per heavy atom. The SMILES string of the molecule is N#Cc1cnc2c(c1)CCCC2Nc1ccc2n[nH]c(I)c2c1. The minimum absolute atomic E-state index is 0.188. The first-order chi connectivity index (χ1) is 11.2. The minimum Gasteiger partial charge on any atom is -0.377 e. The number of H-pyrrole nitrogens is 1. The summed E-state index contributed by atoms with van der Waals surface area (Å²) in [4.78, 5) is 4.53. The van der Waals surface area contributed by atoms with Crippen LogP contribution in [0.25, 0.3) is 10.9 Å². The second-order valence-corrected chi connectivity index (χ2v) is 6.82. The van der Waals surface area contributed by atoms with Crippen molar-refractivity contribution in [3.05, 3.63) is 51.0 Å². The van der Waals surface area contributed by atoms with Crippen LogP contribution in [0.15, 0.2) is 30.5 Å². The molecule has 2 N–H and O–H groups in total. The molecule has 0 fully saturated rings. The molecule has 2 heterocycles. The van der Waals surface area contributed by atoms with Crippen molar-refractivity contribution >= 4 is 39.2 Å². The molecule has 0 bridgehead atoms. The van der Waals surface area contributed by atoms with Crippen LogP contribution in [0.1, 0.15) is 35.7 Å². The smallest absolute Gasteiger partial charge is 0.104 e. The topological polar surface area (TPSA) is 77.4 Å². The van der Waals surface area contributed by atoms with Crippen molar-refractivity contribution in [3.63, 3.8) is 0 Å². The van der Waals surface area contributed by atoms with Gasteiger partial charge in [0.2, 0.25) is 0 Å². The minimum atomic E-state index is 0.188. The number of nitrogens with zero attached hydrogens (tertiary/aromatic N) is 3. The Hall–Kier alpha value is -2.14. The second kappa shape index (κ2) is 5.81. The van der Waals surface area contributed by atoms with E-state index < -0.39 is 0 Å². The molecule has 1 unspecified atom stereocenters. The van der Waals surface area contributed by atoms with Crippen molar-refractivity contribution in [3.8, 4) is 6.07 Å². The van der Waals surface area contributed by atoms with Gasteiger partial charge in [-0.25, -0.2) is 0 Å². The normalized spacial score (nSPS) is 16.8. The zero-order chi connectivity index (χ0) is 15.8. The van der Waals surface area contributed by atoms with Crippen molar-refractivity contribution in [2.45, 2.75) is 25.3 Å². The van der Waals surface area contributed by atoms with Gasteiger partial charge in [-0.3, -0.25) is 10.1 Å². The number of anilines is 1. The van der Waals surface area contributed by atoms with Crippen LogP contribution in [-0.2, 0) is 6.42 Å². The van der Waals surface area contributed by atoms with Crippen LogP contribution in [0.3, 0.4) is 0 Å². The number of halogens is 1. The number of aromatic amines is 1. The summed E-state index contributed by atoms with van der Waals surface area (Å²) in [5.41, 5.74) is 4.93. The fraction of sp³-hybridized carbons (Fsp3) is 0.235. The highest BCUT2D eigenvalue weighted by atomic mass is 127. The molecule has 0 saturated heterocycles. The second-order valence-electron chi connectivity index (χ2n) is 5.74. The van der Waals surface area contributed by atoms with E-state index >= 15 is 0 Å². The summed E-state index contributed by atoms with van der Waals surface area (Å²) in [6.45, 7) is 0. The maximum absolute atomic E-state index is 9.03. The van der Waals surface area contributed by atoms with Crippen LogP contribution in [0.4, 0.5) is 5.69 Å². The quantitative estimate of drug-likeness (QED) is 0.622. The Balaban J connectivity index is 1.66. The van der Waals surface area contributed by atoms with Crippen LogP contribution in [0.2, 0.25) is 0 Å². The number of hydrogen-bond donors (Lipinski definition) is 2. The van der Waals surface area contributed by atoms with Gasteiger partial charge in [0, 0.05) is 17.3 Å². The highest BCUT2D eigenvalue weighted by Gasteiger charge is 2.22. The number of nitriles is 1. The zero-order valence-electron chi connectivity index (χ0n) is 12.3. The maximum atomic E-state index is 9.03. The first-order valence-corrected chi connectivity index (χ1v) is 8.61. The molecule has 0 spiro atoms. The predicted octanol–water partition coefficient (Wildman–Crippen LogP) is 3.92. The number of fused-ring (bicyclic) bond motifs is 2. The van der Waals surface area contributed by atoms with Gasteiger partial charge in [-0.1, -0.05) is 0 Å². The van der Waals surface area contributed by atoms with Gasteiger partial charge in [-0.15, -0.1) is 0 Å². The number of aryl methyl sites for hydroxylation is 1. The van der Waals surface area contributed by atoms with Crippen molar-refractivity contribution < 1.29 is 0 Å². The van der Waals surface area contributed by atoms with E-state index in [0.29, 0.717) is 5.56 Å². The highest BCUT2D eigenvalue weighted by Crippen LogP contribution is 2.32. The predicted molar refractivity (Wildman–Crippen MR) is 97.1 cm³/mol. The molecule has 0 radical (unpaired) electrons. The summed E-state index contributed by atoms with van der Waals surface area (Å²) in [5.74, 6) is 0. The van der Waals surface area contributed by atoms with Gasteiger partial charge >= 0.3 is 0 Å². The molecule has 2 aromatic heterocycles. The number of rotatable bonds is 2. The lowest BCUT2D eigenvalue weighted by Gasteiger charge is -2.26. The summed E-state index contributed by atoms with van der Waals surface area (Å²) in [5, 5.41) is 21.0. The largest absolute Gasteiger partial charge is 0.377 e. The fourth-order valence-electron chi connectivity index (χ4n) is 3.14. The molecule has 4 rings (SSSR count). The first kappa shape index (κ1) is 14.5. The van der Waals surface area contributed by atoms with E-state index in [-0.39, 0.29) is 6.04 Å². The van der Waals surface area contributed by atoms with Crippen LogP contribution in [0.5, 0.6) is 0 Å². The van der Waals surface area contributed by atoms with E-state index in [9.17, 15) is 0 Å². The summed E-state index contributed by atoms with van der Waals surface area (Å²) < 4.78 is 1.04. The molecule has 114 valence electrons. The summed E-state index contributed by atoms with van der Waals surface area (Å²) in [6, 6.07) is 10.5. The molecule has 0 aliphatic heterocycles. The van der Waals surface area contributed by atoms with Crippen LogP contribution >= 0.6 is 22.6 Å². The molecule has 3 aromatic rings. The number of nitrogens with one attached hydrogen (secondary N) is 2. The summed E-state index contributed by atoms with van der Waals surface area (Å²) >= 11 is 2.26. The monoisotopic (exact) mass is 415 g/mol. The van der Waals surface area contributed by atoms with Gasteiger partial charge in [0.1, 0.15) is 9.77 Å². The average molecular weight is 415 g/mol. The Bertz CT molecular complexity index is 924. The molecule has 1 aliphatic carbocycles. The van der Waals surface area contributed by atoms with Gasteiger partial charge in [-0.2, -0.15) is 10.4 Å². The lowest BCUT2D eigenvalue weighted by Crippen LogP contribution is -2.19. The molecule has 23 heavy (non-hydrogen) atoms. The Labute approximate surface area is 147 Å². The third kappa shape index (κ3) is 2.65. The molecule has 1 atom stereocenters. The fourth-order valence-corrected chi connectivity index (χ4v) is 3.69. The lowest BCUT2D eigenvalue weighted by molar-refractivity contribution is 0.583. The van der Waals surface area contributed by atoms with Gasteiger partial charge in [0.25, 0.3) is 0 Å². The number of aromatic nitrogens is 3. The number of hydrogen-bond acceptors (Lipinski definition) is 4. The molecule has 0 saturated carbocycles. The Morgan fingerprint density at radius 2 is 2.26 bits per heavy atom. The molecular formula is C17H14IN5. The highest BCUT2D eigenvalue weighted by molar-refractivity contribution is 14.1. The van der Waals surface area contributed by atoms with Crippen LogP contribution in [0, 0.1) is 15.0 Å². The molecule has 6 heteroatoms. The number of pyridine rings is 1. The Morgan fingerprint density at radius 1 is 1.35 bits per heavy atom. The van der Waals surface area contributed by atoms with Crippen molar-refractivity contribution in [1.29, 1.82) is 5.26 Å². The van der Waals surface area contributed by atoms with E-state index in [1.807, 2.05) is 12.1 Å². The van der Waals surface area contributed by atoms with Crippen molar-refractivity contribution in [2.24, 2.45) is 0 Å². The van der Waals surface area contributed by atoms with Crippen molar-refractivity contribution in [1.82, 2.24) is 15.2 Å². The summed E-state index contributed by atoms with van der Waals surface area (Å²) in [6.07, 6.45) is 4.81. The van der Waals surface area contributed by atoms with Crippen molar-refractivity contribution in [2.75, 3.05) is 5.32 Å². The van der Waals surface area contributed by atoms with E-state index in [2.05, 4.69) is 61.3 Å². The van der Waals surface area contributed by atoms with Gasteiger partial charge in [0.15, 0.2) is 0 Å². The summed E-state index contributed by atoms with van der Waals surface area (Å²) in [7, 11) is 0. The molecular weight excluding hydrogens is 401 g/mol. The lowest BCUT2D eigenvalue weighted by atomic mass is 9.91. The van der Waals surface area contributed by atoms with E-state index in [0.717, 1.165) is 45.2 Å². The zero-order valence-corrected chi connectivity index (χ0v) is 14.5. The van der Waals surface area contributed by atoms with Crippen LogP contribution < -0.4 is 5.32 Å². The van der Waals surface area contributed by atoms with Gasteiger partial charge < -0.3 is 5.32 Å². The van der Waals surface area contributed by atoms with E-state index in [4.69, 9.17) is 5.26 Å². The van der Waals surface area contributed by atoms with Gasteiger partial charge in [0.05, 0.1) is 22.8 Å². The number of benzene rings is 1. The molecule has 5 nitrogen and oxygen atoms in total. The average Bonchev–Trinajstić information content (AvgIpc) is 2.95. The van der Waals surface area contributed by atoms with E-state index in [1.54, 1.807) is 6.20 Å². The third-order valence-corrected chi connectivity index (χ3v) is 5.07. The molecule has 0 amide bonds. The standard InChI is InChI=1S/C17H14IN5/c18-17-13-7-12(4-5-14(13)22-23-17)21-15-3-1-2-11-6-10(8-19)9-20-16(11)15/h4-7,9,15,21H,1-3H2,(H,22,23). The first-order valence-electron chi connectivity index (χ1n) is 7.53. The van der Waals surface area contributed by atoms with Crippen LogP contribution in [-0.4, -0.2) is 15.2 Å². The maximum Gasteiger partial charge on any atom is 0.104 e. The molecule has 1 aliphatic rings. The molecule has 1 aromatic carbocycles. The third-order valence-electron chi connectivity index (χ3n) is 4.25. The van der Waals surface area contributed by atoms with Gasteiger partial charge in [-0.05, 0) is 71.7 Å². The van der Waals surface area contributed by atoms with E-state index in [1.165, 1.54) is 5.56 Å².